The first-order valence-electron chi connectivity index (χ1n) is 5.23. The van der Waals surface area contributed by atoms with Crippen molar-refractivity contribution >= 4 is 6.08 Å². The van der Waals surface area contributed by atoms with Crippen molar-refractivity contribution in [3.63, 3.8) is 0 Å². The van der Waals surface area contributed by atoms with Gasteiger partial charge in [0.1, 0.15) is 0 Å². The van der Waals surface area contributed by atoms with Gasteiger partial charge in [0.05, 0.1) is 0 Å². The van der Waals surface area contributed by atoms with Crippen LogP contribution in [0, 0.1) is 5.92 Å². The molecule has 80 valence electrons. The van der Waals surface area contributed by atoms with Crippen LogP contribution in [0.4, 0.5) is 0 Å². The molecule has 0 amide bonds. The molecule has 0 heterocycles. The van der Waals surface area contributed by atoms with Gasteiger partial charge in [0, 0.05) is 12.5 Å². The molecule has 0 saturated heterocycles. The van der Waals surface area contributed by atoms with Gasteiger partial charge in [-0.2, -0.15) is 0 Å². The zero-order chi connectivity index (χ0) is 11.1. The fraction of sp³-hybridized carbons (Fsp3) is 0.286. The second kappa shape index (κ2) is 6.20. The molecule has 1 aromatic rings. The number of hydrogen-bond acceptors (Lipinski definition) is 1. The third-order valence-corrected chi connectivity index (χ3v) is 2.21. The van der Waals surface area contributed by atoms with Crippen LogP contribution in [0.1, 0.15) is 5.56 Å². The lowest BCUT2D eigenvalue weighted by molar-refractivity contribution is 0.386. The van der Waals surface area contributed by atoms with Gasteiger partial charge in [-0.3, -0.25) is 0 Å². The van der Waals surface area contributed by atoms with Gasteiger partial charge in [0.2, 0.25) is 0 Å². The minimum atomic E-state index is 0.417. The summed E-state index contributed by atoms with van der Waals surface area (Å²) in [6, 6.07) is 10.3. The average Bonchev–Trinajstić information content (AvgIpc) is 2.25. The first-order chi connectivity index (χ1) is 7.22. The highest BCUT2D eigenvalue weighted by Gasteiger charge is 2.00. The highest BCUT2D eigenvalue weighted by Crippen LogP contribution is 2.07. The van der Waals surface area contributed by atoms with Crippen LogP contribution in [-0.4, -0.2) is 25.5 Å². The van der Waals surface area contributed by atoms with Crippen LogP contribution in [0.2, 0.25) is 0 Å². The van der Waals surface area contributed by atoms with Gasteiger partial charge in [-0.25, -0.2) is 0 Å². The van der Waals surface area contributed by atoms with Gasteiger partial charge >= 0.3 is 0 Å². The Balaban J connectivity index is 2.59. The molecule has 0 aliphatic carbocycles. The Labute approximate surface area is 92.7 Å². The van der Waals surface area contributed by atoms with Crippen molar-refractivity contribution in [2.45, 2.75) is 0 Å². The maximum Gasteiger partial charge on any atom is 0.00747 e. The van der Waals surface area contributed by atoms with E-state index < -0.39 is 0 Å². The summed E-state index contributed by atoms with van der Waals surface area (Å²) in [5.74, 6) is 0.417. The summed E-state index contributed by atoms with van der Waals surface area (Å²) < 4.78 is 0. The molecule has 0 fully saturated rings. The first-order valence-corrected chi connectivity index (χ1v) is 5.23. The molecular weight excluding hydrogens is 182 g/mol. The molecule has 0 N–H and O–H groups in total. The Morgan fingerprint density at radius 2 is 1.93 bits per heavy atom. The van der Waals surface area contributed by atoms with Crippen LogP contribution < -0.4 is 0 Å². The molecule has 1 rings (SSSR count). The van der Waals surface area contributed by atoms with Crippen molar-refractivity contribution in [1.29, 1.82) is 0 Å². The second-order valence-electron chi connectivity index (χ2n) is 3.93. The van der Waals surface area contributed by atoms with Gasteiger partial charge in [0.15, 0.2) is 0 Å². The summed E-state index contributed by atoms with van der Waals surface area (Å²) in [4.78, 5) is 2.17. The van der Waals surface area contributed by atoms with E-state index >= 15 is 0 Å². The third-order valence-electron chi connectivity index (χ3n) is 2.21. The molecule has 1 nitrogen and oxygen atoms in total. The third kappa shape index (κ3) is 4.61. The highest BCUT2D eigenvalue weighted by atomic mass is 15.0. The molecule has 1 heteroatoms. The molecule has 0 saturated carbocycles. The molecule has 0 spiro atoms. The van der Waals surface area contributed by atoms with Crippen LogP contribution in [0.5, 0.6) is 0 Å². The zero-order valence-electron chi connectivity index (χ0n) is 9.56. The van der Waals surface area contributed by atoms with Crippen LogP contribution in [0.25, 0.3) is 6.08 Å². The van der Waals surface area contributed by atoms with Crippen molar-refractivity contribution in [3.8, 4) is 0 Å². The Hall–Kier alpha value is -1.34. The average molecular weight is 201 g/mol. The molecule has 1 atom stereocenters. The number of nitrogens with zero attached hydrogens (tertiary/aromatic N) is 1. The van der Waals surface area contributed by atoms with E-state index in [1.54, 1.807) is 0 Å². The maximum absolute atomic E-state index is 3.85. The quantitative estimate of drug-likeness (QED) is 0.662. The Morgan fingerprint density at radius 1 is 1.27 bits per heavy atom. The molecule has 1 aromatic carbocycles. The molecule has 0 bridgehead atoms. The van der Waals surface area contributed by atoms with Crippen molar-refractivity contribution in [2.75, 3.05) is 20.6 Å². The summed E-state index contributed by atoms with van der Waals surface area (Å²) >= 11 is 0. The largest absolute Gasteiger partial charge is 0.309 e. The molecule has 0 aliphatic heterocycles. The van der Waals surface area contributed by atoms with Gasteiger partial charge in [-0.15, -0.1) is 6.58 Å². The van der Waals surface area contributed by atoms with Crippen molar-refractivity contribution in [1.82, 2.24) is 4.90 Å². The first kappa shape index (κ1) is 11.7. The molecule has 0 aromatic heterocycles. The fourth-order valence-corrected chi connectivity index (χ4v) is 1.43. The van der Waals surface area contributed by atoms with E-state index in [1.807, 2.05) is 12.1 Å². The summed E-state index contributed by atoms with van der Waals surface area (Å²) in [5.41, 5.74) is 1.24. The van der Waals surface area contributed by atoms with E-state index in [-0.39, 0.29) is 0 Å². The maximum atomic E-state index is 3.85. The van der Waals surface area contributed by atoms with E-state index in [9.17, 15) is 0 Å². The topological polar surface area (TPSA) is 3.24 Å². The second-order valence-corrected chi connectivity index (χ2v) is 3.93. The molecule has 0 aliphatic rings. The molecular formula is C14H19N. The number of rotatable bonds is 5. The van der Waals surface area contributed by atoms with Gasteiger partial charge in [-0.1, -0.05) is 48.6 Å². The minimum Gasteiger partial charge on any atom is -0.309 e. The van der Waals surface area contributed by atoms with Crippen molar-refractivity contribution in [3.05, 3.63) is 54.6 Å². The van der Waals surface area contributed by atoms with E-state index in [0.29, 0.717) is 5.92 Å². The summed E-state index contributed by atoms with van der Waals surface area (Å²) in [6.07, 6.45) is 6.33. The molecule has 0 radical (unpaired) electrons. The zero-order valence-corrected chi connectivity index (χ0v) is 9.56. The fourth-order valence-electron chi connectivity index (χ4n) is 1.43. The molecule has 1 unspecified atom stereocenters. The van der Waals surface area contributed by atoms with Crippen LogP contribution in [0.3, 0.4) is 0 Å². The lowest BCUT2D eigenvalue weighted by atomic mass is 10.1. The Bertz CT molecular complexity index is 311. The van der Waals surface area contributed by atoms with Gasteiger partial charge < -0.3 is 4.90 Å². The summed E-state index contributed by atoms with van der Waals surface area (Å²) in [7, 11) is 4.15. The predicted octanol–water partition coefficient (Wildman–Crippen LogP) is 3.06. The van der Waals surface area contributed by atoms with Crippen LogP contribution in [0.15, 0.2) is 49.1 Å². The van der Waals surface area contributed by atoms with E-state index in [1.165, 1.54) is 5.56 Å². The standard InChI is InChI=1S/C14H19N/c1-4-13(12-15(2)3)10-11-14-8-6-5-7-9-14/h4-11,13H,1,12H2,2-3H3/b11-10+. The minimum absolute atomic E-state index is 0.417. The van der Waals surface area contributed by atoms with Crippen LogP contribution >= 0.6 is 0 Å². The monoisotopic (exact) mass is 201 g/mol. The van der Waals surface area contributed by atoms with Crippen molar-refractivity contribution < 1.29 is 0 Å². The predicted molar refractivity (Wildman–Crippen MR) is 67.7 cm³/mol. The van der Waals surface area contributed by atoms with E-state index in [4.69, 9.17) is 0 Å². The SMILES string of the molecule is C=CC(/C=C/c1ccccc1)CN(C)C. The summed E-state index contributed by atoms with van der Waals surface area (Å²) in [5, 5.41) is 0. The Morgan fingerprint density at radius 3 is 2.47 bits per heavy atom. The highest BCUT2D eigenvalue weighted by molar-refractivity contribution is 5.49. The molecule has 15 heavy (non-hydrogen) atoms. The lowest BCUT2D eigenvalue weighted by Gasteiger charge is -2.13. The van der Waals surface area contributed by atoms with Gasteiger partial charge in [0.25, 0.3) is 0 Å². The number of benzene rings is 1. The van der Waals surface area contributed by atoms with Crippen LogP contribution in [-0.2, 0) is 0 Å². The van der Waals surface area contributed by atoms with Crippen molar-refractivity contribution in [2.24, 2.45) is 5.92 Å². The van der Waals surface area contributed by atoms with E-state index in [0.717, 1.165) is 6.54 Å². The Kier molecular flexibility index (Phi) is 4.85. The lowest BCUT2D eigenvalue weighted by Crippen LogP contribution is -2.18. The smallest absolute Gasteiger partial charge is 0.00747 e. The normalized spacial score (nSPS) is 13.3. The van der Waals surface area contributed by atoms with Gasteiger partial charge in [-0.05, 0) is 19.7 Å². The number of hydrogen-bond donors (Lipinski definition) is 0. The summed E-state index contributed by atoms with van der Waals surface area (Å²) in [6.45, 7) is 4.86. The van der Waals surface area contributed by atoms with E-state index in [2.05, 4.69) is 62.0 Å².